The SMILES string of the molecule is COc1ccc(C(C)=O)cc1CN1C(C(N)=O)CC2CCCCC21. The Kier molecular flexibility index (Phi) is 4.90. The van der Waals surface area contributed by atoms with Gasteiger partial charge in [0.05, 0.1) is 13.2 Å². The molecule has 2 aliphatic rings. The summed E-state index contributed by atoms with van der Waals surface area (Å²) in [5, 5.41) is 0. The van der Waals surface area contributed by atoms with Gasteiger partial charge in [0.25, 0.3) is 0 Å². The maximum absolute atomic E-state index is 12.0. The first-order valence-electron chi connectivity index (χ1n) is 8.74. The van der Waals surface area contributed by atoms with Crippen LogP contribution in [0, 0.1) is 5.92 Å². The maximum atomic E-state index is 12.0. The van der Waals surface area contributed by atoms with Gasteiger partial charge < -0.3 is 10.5 Å². The molecule has 1 aromatic carbocycles. The lowest BCUT2D eigenvalue weighted by atomic mass is 9.84. The topological polar surface area (TPSA) is 72.6 Å². The van der Waals surface area contributed by atoms with Gasteiger partial charge in [-0.15, -0.1) is 0 Å². The highest BCUT2D eigenvalue weighted by atomic mass is 16.5. The van der Waals surface area contributed by atoms with Gasteiger partial charge in [0, 0.05) is 23.7 Å². The van der Waals surface area contributed by atoms with Crippen LogP contribution in [0.15, 0.2) is 18.2 Å². The number of fused-ring (bicyclic) bond motifs is 1. The summed E-state index contributed by atoms with van der Waals surface area (Å²) in [7, 11) is 1.63. The second kappa shape index (κ2) is 6.93. The molecule has 1 amide bonds. The molecular formula is C19H26N2O3. The molecule has 1 aromatic rings. The fourth-order valence-corrected chi connectivity index (χ4v) is 4.38. The molecule has 3 unspecified atom stereocenters. The van der Waals surface area contributed by atoms with Crippen LogP contribution in [0.5, 0.6) is 5.75 Å². The molecular weight excluding hydrogens is 304 g/mol. The third-order valence-corrected chi connectivity index (χ3v) is 5.59. The number of Topliss-reactive ketones (excluding diaryl/α,β-unsaturated/α-hetero) is 1. The van der Waals surface area contributed by atoms with Crippen molar-refractivity contribution in [3.05, 3.63) is 29.3 Å². The molecule has 0 radical (unpaired) electrons. The summed E-state index contributed by atoms with van der Waals surface area (Å²) in [4.78, 5) is 25.9. The van der Waals surface area contributed by atoms with Crippen LogP contribution in [0.25, 0.3) is 0 Å². The molecule has 5 heteroatoms. The molecule has 3 atom stereocenters. The van der Waals surface area contributed by atoms with Gasteiger partial charge in [-0.1, -0.05) is 12.8 Å². The molecule has 2 fully saturated rings. The average Bonchev–Trinajstić information content (AvgIpc) is 2.94. The van der Waals surface area contributed by atoms with Crippen molar-refractivity contribution in [1.82, 2.24) is 4.90 Å². The number of nitrogens with two attached hydrogens (primary N) is 1. The quantitative estimate of drug-likeness (QED) is 0.842. The van der Waals surface area contributed by atoms with Crippen molar-refractivity contribution in [2.45, 2.75) is 57.7 Å². The van der Waals surface area contributed by atoms with E-state index in [0.29, 0.717) is 24.1 Å². The summed E-state index contributed by atoms with van der Waals surface area (Å²) in [5.74, 6) is 1.09. The van der Waals surface area contributed by atoms with E-state index in [0.717, 1.165) is 24.2 Å². The fraction of sp³-hybridized carbons (Fsp3) is 0.579. The number of ether oxygens (including phenoxy) is 1. The Balaban J connectivity index is 1.91. The standard InChI is InChI=1S/C19H26N2O3/c1-12(22)13-7-8-18(24-2)15(9-13)11-21-16-6-4-3-5-14(16)10-17(21)19(20)23/h7-9,14,16-17H,3-6,10-11H2,1-2H3,(H2,20,23). The van der Waals surface area contributed by atoms with Crippen molar-refractivity contribution < 1.29 is 14.3 Å². The lowest BCUT2D eigenvalue weighted by molar-refractivity contribution is -0.123. The first-order chi connectivity index (χ1) is 11.5. The zero-order valence-corrected chi connectivity index (χ0v) is 14.5. The summed E-state index contributed by atoms with van der Waals surface area (Å²) < 4.78 is 5.47. The smallest absolute Gasteiger partial charge is 0.234 e. The average molecular weight is 330 g/mol. The predicted molar refractivity (Wildman–Crippen MR) is 91.9 cm³/mol. The number of primary amides is 1. The first kappa shape index (κ1) is 17.0. The van der Waals surface area contributed by atoms with E-state index in [2.05, 4.69) is 4.90 Å². The number of amides is 1. The van der Waals surface area contributed by atoms with Crippen molar-refractivity contribution in [1.29, 1.82) is 0 Å². The third kappa shape index (κ3) is 3.18. The molecule has 130 valence electrons. The zero-order chi connectivity index (χ0) is 17.3. The lowest BCUT2D eigenvalue weighted by Crippen LogP contribution is -2.44. The Morgan fingerprint density at radius 1 is 1.29 bits per heavy atom. The van der Waals surface area contributed by atoms with Crippen molar-refractivity contribution >= 4 is 11.7 Å². The second-order valence-electron chi connectivity index (χ2n) is 7.02. The van der Waals surface area contributed by atoms with Crippen molar-refractivity contribution in [2.24, 2.45) is 11.7 Å². The minimum atomic E-state index is -0.244. The molecule has 1 aliphatic heterocycles. The molecule has 0 bridgehead atoms. The van der Waals surface area contributed by atoms with Gasteiger partial charge in [-0.25, -0.2) is 0 Å². The molecule has 1 saturated heterocycles. The van der Waals surface area contributed by atoms with E-state index in [1.54, 1.807) is 20.1 Å². The van der Waals surface area contributed by atoms with Crippen LogP contribution in [-0.4, -0.2) is 35.8 Å². The van der Waals surface area contributed by atoms with Gasteiger partial charge in [0.1, 0.15) is 5.75 Å². The molecule has 1 heterocycles. The molecule has 1 saturated carbocycles. The van der Waals surface area contributed by atoms with Crippen LogP contribution in [0.3, 0.4) is 0 Å². The summed E-state index contributed by atoms with van der Waals surface area (Å²) in [5.41, 5.74) is 7.29. The number of benzene rings is 1. The molecule has 0 aromatic heterocycles. The molecule has 5 nitrogen and oxygen atoms in total. The number of likely N-dealkylation sites (tertiary alicyclic amines) is 1. The highest BCUT2D eigenvalue weighted by molar-refractivity contribution is 5.94. The van der Waals surface area contributed by atoms with E-state index in [9.17, 15) is 9.59 Å². The van der Waals surface area contributed by atoms with E-state index >= 15 is 0 Å². The number of methoxy groups -OCH3 is 1. The zero-order valence-electron chi connectivity index (χ0n) is 14.5. The van der Waals surface area contributed by atoms with E-state index in [1.807, 2.05) is 12.1 Å². The monoisotopic (exact) mass is 330 g/mol. The highest BCUT2D eigenvalue weighted by Crippen LogP contribution is 2.41. The number of nitrogens with zero attached hydrogens (tertiary/aromatic N) is 1. The van der Waals surface area contributed by atoms with Gasteiger partial charge >= 0.3 is 0 Å². The summed E-state index contributed by atoms with van der Waals surface area (Å²) in [6, 6.07) is 5.68. The molecule has 2 N–H and O–H groups in total. The Morgan fingerprint density at radius 3 is 2.71 bits per heavy atom. The van der Waals surface area contributed by atoms with Crippen molar-refractivity contribution in [2.75, 3.05) is 7.11 Å². The number of carbonyl (C=O) groups is 2. The maximum Gasteiger partial charge on any atom is 0.234 e. The minimum Gasteiger partial charge on any atom is -0.496 e. The number of carbonyl (C=O) groups excluding carboxylic acids is 2. The largest absolute Gasteiger partial charge is 0.496 e. The number of rotatable bonds is 5. The van der Waals surface area contributed by atoms with Crippen LogP contribution >= 0.6 is 0 Å². The fourth-order valence-electron chi connectivity index (χ4n) is 4.38. The summed E-state index contributed by atoms with van der Waals surface area (Å²) in [6.45, 7) is 2.16. The van der Waals surface area contributed by atoms with Crippen LogP contribution < -0.4 is 10.5 Å². The van der Waals surface area contributed by atoms with Crippen LogP contribution in [0.4, 0.5) is 0 Å². The van der Waals surface area contributed by atoms with Gasteiger partial charge in [-0.3, -0.25) is 14.5 Å². The van der Waals surface area contributed by atoms with Crippen molar-refractivity contribution in [3.63, 3.8) is 0 Å². The Morgan fingerprint density at radius 2 is 2.04 bits per heavy atom. The van der Waals surface area contributed by atoms with Gasteiger partial charge in [0.2, 0.25) is 5.91 Å². The lowest BCUT2D eigenvalue weighted by Gasteiger charge is -2.33. The molecule has 1 aliphatic carbocycles. The number of ketones is 1. The number of hydrogen-bond acceptors (Lipinski definition) is 4. The van der Waals surface area contributed by atoms with E-state index in [-0.39, 0.29) is 17.7 Å². The minimum absolute atomic E-state index is 0.0299. The summed E-state index contributed by atoms with van der Waals surface area (Å²) in [6.07, 6.45) is 5.59. The predicted octanol–water partition coefficient (Wildman–Crippen LogP) is 2.52. The first-order valence-corrected chi connectivity index (χ1v) is 8.74. The number of hydrogen-bond donors (Lipinski definition) is 1. The third-order valence-electron chi connectivity index (χ3n) is 5.59. The van der Waals surface area contributed by atoms with E-state index < -0.39 is 0 Å². The molecule has 24 heavy (non-hydrogen) atoms. The normalized spacial score (nSPS) is 26.8. The van der Waals surface area contributed by atoms with Crippen molar-refractivity contribution in [3.8, 4) is 5.75 Å². The summed E-state index contributed by atoms with van der Waals surface area (Å²) >= 11 is 0. The van der Waals surface area contributed by atoms with Crippen LogP contribution in [0.2, 0.25) is 0 Å². The van der Waals surface area contributed by atoms with Gasteiger partial charge in [-0.2, -0.15) is 0 Å². The Labute approximate surface area is 143 Å². The molecule has 3 rings (SSSR count). The van der Waals surface area contributed by atoms with Crippen LogP contribution in [-0.2, 0) is 11.3 Å². The Hall–Kier alpha value is -1.88. The van der Waals surface area contributed by atoms with E-state index in [1.165, 1.54) is 19.3 Å². The van der Waals surface area contributed by atoms with Crippen LogP contribution in [0.1, 0.15) is 54.9 Å². The van der Waals surface area contributed by atoms with Gasteiger partial charge in [0.15, 0.2) is 5.78 Å². The highest BCUT2D eigenvalue weighted by Gasteiger charge is 2.44. The Bertz CT molecular complexity index is 643. The van der Waals surface area contributed by atoms with Gasteiger partial charge in [-0.05, 0) is 50.3 Å². The second-order valence-corrected chi connectivity index (χ2v) is 7.02. The van der Waals surface area contributed by atoms with E-state index in [4.69, 9.17) is 10.5 Å². The molecule has 0 spiro atoms.